The Bertz CT molecular complexity index is 628. The first kappa shape index (κ1) is 13.9. The van der Waals surface area contributed by atoms with Crippen LogP contribution in [0.1, 0.15) is 15.9 Å². The number of hydrogen-bond donors (Lipinski definition) is 3. The van der Waals surface area contributed by atoms with E-state index in [9.17, 15) is 9.18 Å². The molecule has 0 atom stereocenters. The summed E-state index contributed by atoms with van der Waals surface area (Å²) in [6.45, 7) is 0.408. The zero-order valence-electron chi connectivity index (χ0n) is 11.1. The van der Waals surface area contributed by atoms with Crippen LogP contribution in [0.5, 0.6) is 0 Å². The van der Waals surface area contributed by atoms with Gasteiger partial charge in [0.2, 0.25) is 0 Å². The monoisotopic (exact) mass is 273 g/mol. The van der Waals surface area contributed by atoms with E-state index in [0.717, 1.165) is 5.56 Å². The molecule has 0 saturated carbocycles. The average Bonchev–Trinajstić information content (AvgIpc) is 2.44. The van der Waals surface area contributed by atoms with Gasteiger partial charge < -0.3 is 16.4 Å². The SMILES string of the molecule is CNC(=O)c1ccc(N)cc1NCc1cccc(F)c1. The molecular weight excluding hydrogens is 257 g/mol. The number of nitrogens with two attached hydrogens (primary N) is 1. The van der Waals surface area contributed by atoms with Gasteiger partial charge in [-0.05, 0) is 35.9 Å². The van der Waals surface area contributed by atoms with E-state index >= 15 is 0 Å². The normalized spacial score (nSPS) is 10.1. The number of benzene rings is 2. The molecule has 0 radical (unpaired) electrons. The van der Waals surface area contributed by atoms with Crippen molar-refractivity contribution in [3.05, 3.63) is 59.4 Å². The van der Waals surface area contributed by atoms with Gasteiger partial charge >= 0.3 is 0 Å². The minimum absolute atomic E-state index is 0.202. The lowest BCUT2D eigenvalue weighted by atomic mass is 10.1. The molecule has 104 valence electrons. The fraction of sp³-hybridized carbons (Fsp3) is 0.133. The Balaban J connectivity index is 2.20. The van der Waals surface area contributed by atoms with Crippen LogP contribution in [-0.2, 0) is 6.54 Å². The molecular formula is C15H16FN3O. The highest BCUT2D eigenvalue weighted by Gasteiger charge is 2.10. The van der Waals surface area contributed by atoms with Gasteiger partial charge in [0.25, 0.3) is 5.91 Å². The number of anilines is 2. The van der Waals surface area contributed by atoms with Gasteiger partial charge in [0, 0.05) is 25.0 Å². The number of carbonyl (C=O) groups excluding carboxylic acids is 1. The molecule has 0 aliphatic heterocycles. The van der Waals surface area contributed by atoms with E-state index in [1.807, 2.05) is 6.07 Å². The van der Waals surface area contributed by atoms with E-state index in [4.69, 9.17) is 5.73 Å². The third-order valence-corrected chi connectivity index (χ3v) is 2.89. The predicted octanol–water partition coefficient (Wildman–Crippen LogP) is 2.38. The van der Waals surface area contributed by atoms with Crippen molar-refractivity contribution < 1.29 is 9.18 Å². The standard InChI is InChI=1S/C15H16FN3O/c1-18-15(20)13-6-5-12(17)8-14(13)19-9-10-3-2-4-11(16)7-10/h2-8,19H,9,17H2,1H3,(H,18,20). The van der Waals surface area contributed by atoms with Crippen molar-refractivity contribution in [2.24, 2.45) is 0 Å². The number of hydrogen-bond acceptors (Lipinski definition) is 3. The van der Waals surface area contributed by atoms with Gasteiger partial charge in [-0.3, -0.25) is 4.79 Å². The van der Waals surface area contributed by atoms with E-state index in [-0.39, 0.29) is 11.7 Å². The summed E-state index contributed by atoms with van der Waals surface area (Å²) in [5.41, 5.74) is 8.19. The molecule has 4 nitrogen and oxygen atoms in total. The first-order valence-corrected chi connectivity index (χ1v) is 6.20. The fourth-order valence-corrected chi connectivity index (χ4v) is 1.89. The molecule has 0 aromatic heterocycles. The van der Waals surface area contributed by atoms with E-state index in [1.54, 1.807) is 31.3 Å². The second kappa shape index (κ2) is 6.06. The molecule has 2 aromatic carbocycles. The topological polar surface area (TPSA) is 67.2 Å². The van der Waals surface area contributed by atoms with Crippen LogP contribution in [0.15, 0.2) is 42.5 Å². The lowest BCUT2D eigenvalue weighted by molar-refractivity contribution is 0.0964. The number of nitrogen functional groups attached to an aromatic ring is 1. The van der Waals surface area contributed by atoms with E-state index in [0.29, 0.717) is 23.5 Å². The predicted molar refractivity (Wildman–Crippen MR) is 78.0 cm³/mol. The molecule has 0 saturated heterocycles. The molecule has 4 N–H and O–H groups in total. The lowest BCUT2D eigenvalue weighted by Gasteiger charge is -2.12. The van der Waals surface area contributed by atoms with Crippen molar-refractivity contribution in [3.63, 3.8) is 0 Å². The highest BCUT2D eigenvalue weighted by Crippen LogP contribution is 2.20. The molecule has 2 aromatic rings. The third kappa shape index (κ3) is 3.26. The Morgan fingerprint density at radius 2 is 2.05 bits per heavy atom. The highest BCUT2D eigenvalue weighted by molar-refractivity contribution is 6.00. The summed E-state index contributed by atoms with van der Waals surface area (Å²) in [7, 11) is 1.56. The van der Waals surface area contributed by atoms with Crippen molar-refractivity contribution >= 4 is 17.3 Å². The minimum Gasteiger partial charge on any atom is -0.399 e. The molecule has 0 spiro atoms. The van der Waals surface area contributed by atoms with Crippen molar-refractivity contribution in [1.29, 1.82) is 0 Å². The lowest BCUT2D eigenvalue weighted by Crippen LogP contribution is -2.19. The number of halogens is 1. The zero-order valence-corrected chi connectivity index (χ0v) is 11.1. The molecule has 0 heterocycles. The molecule has 0 aliphatic rings. The molecule has 0 fully saturated rings. The van der Waals surface area contributed by atoms with Crippen molar-refractivity contribution in [2.75, 3.05) is 18.1 Å². The Hall–Kier alpha value is -2.56. The Labute approximate surface area is 116 Å². The van der Waals surface area contributed by atoms with Crippen molar-refractivity contribution in [2.45, 2.75) is 6.54 Å². The zero-order chi connectivity index (χ0) is 14.5. The van der Waals surface area contributed by atoms with E-state index < -0.39 is 0 Å². The first-order chi connectivity index (χ1) is 9.60. The van der Waals surface area contributed by atoms with E-state index in [1.165, 1.54) is 12.1 Å². The van der Waals surface area contributed by atoms with E-state index in [2.05, 4.69) is 10.6 Å². The molecule has 20 heavy (non-hydrogen) atoms. The Morgan fingerprint density at radius 1 is 1.25 bits per heavy atom. The highest BCUT2D eigenvalue weighted by atomic mass is 19.1. The average molecular weight is 273 g/mol. The van der Waals surface area contributed by atoms with Gasteiger partial charge in [-0.25, -0.2) is 4.39 Å². The maximum atomic E-state index is 13.1. The van der Waals surface area contributed by atoms with Crippen LogP contribution in [0.4, 0.5) is 15.8 Å². The van der Waals surface area contributed by atoms with Gasteiger partial charge in [0.05, 0.1) is 5.56 Å². The van der Waals surface area contributed by atoms with Crippen molar-refractivity contribution in [1.82, 2.24) is 5.32 Å². The van der Waals surface area contributed by atoms with Gasteiger partial charge in [-0.1, -0.05) is 12.1 Å². The third-order valence-electron chi connectivity index (χ3n) is 2.89. The number of rotatable bonds is 4. The second-order valence-corrected chi connectivity index (χ2v) is 4.37. The Kier molecular flexibility index (Phi) is 4.20. The van der Waals surface area contributed by atoms with Crippen LogP contribution in [-0.4, -0.2) is 13.0 Å². The summed E-state index contributed by atoms with van der Waals surface area (Å²) < 4.78 is 13.1. The molecule has 5 heteroatoms. The van der Waals surface area contributed by atoms with Crippen LogP contribution in [0.3, 0.4) is 0 Å². The summed E-state index contributed by atoms with van der Waals surface area (Å²) in [5, 5.41) is 5.67. The summed E-state index contributed by atoms with van der Waals surface area (Å²) >= 11 is 0. The quantitative estimate of drug-likeness (QED) is 0.749. The van der Waals surface area contributed by atoms with Crippen molar-refractivity contribution in [3.8, 4) is 0 Å². The largest absolute Gasteiger partial charge is 0.399 e. The summed E-state index contributed by atoms with van der Waals surface area (Å²) in [4.78, 5) is 11.8. The number of nitrogens with one attached hydrogen (secondary N) is 2. The second-order valence-electron chi connectivity index (χ2n) is 4.37. The first-order valence-electron chi connectivity index (χ1n) is 6.20. The van der Waals surface area contributed by atoms with Crippen LogP contribution < -0.4 is 16.4 Å². The van der Waals surface area contributed by atoms with Crippen LogP contribution in [0.25, 0.3) is 0 Å². The van der Waals surface area contributed by atoms with Crippen LogP contribution >= 0.6 is 0 Å². The fourth-order valence-electron chi connectivity index (χ4n) is 1.89. The number of amides is 1. The van der Waals surface area contributed by atoms with Gasteiger partial charge in [-0.15, -0.1) is 0 Å². The summed E-state index contributed by atoms with van der Waals surface area (Å²) in [6, 6.07) is 11.3. The molecule has 1 amide bonds. The molecule has 0 bridgehead atoms. The molecule has 0 aliphatic carbocycles. The number of carbonyl (C=O) groups is 1. The maximum absolute atomic E-state index is 13.1. The summed E-state index contributed by atoms with van der Waals surface area (Å²) in [6.07, 6.45) is 0. The smallest absolute Gasteiger partial charge is 0.253 e. The maximum Gasteiger partial charge on any atom is 0.253 e. The summed E-state index contributed by atoms with van der Waals surface area (Å²) in [5.74, 6) is -0.491. The van der Waals surface area contributed by atoms with Crippen LogP contribution in [0, 0.1) is 5.82 Å². The van der Waals surface area contributed by atoms with Gasteiger partial charge in [0.1, 0.15) is 5.82 Å². The van der Waals surface area contributed by atoms with Crippen LogP contribution in [0.2, 0.25) is 0 Å². The van der Waals surface area contributed by atoms with Gasteiger partial charge in [-0.2, -0.15) is 0 Å². The molecule has 0 unspecified atom stereocenters. The minimum atomic E-state index is -0.289. The molecule has 2 rings (SSSR count). The Morgan fingerprint density at radius 3 is 2.75 bits per heavy atom. The van der Waals surface area contributed by atoms with Gasteiger partial charge in [0.15, 0.2) is 0 Å².